The predicted octanol–water partition coefficient (Wildman–Crippen LogP) is 10.0. The van der Waals surface area contributed by atoms with Crippen LogP contribution in [-0.4, -0.2) is 81.5 Å². The predicted molar refractivity (Wildman–Crippen MR) is 264 cm³/mol. The summed E-state index contributed by atoms with van der Waals surface area (Å²) in [6.07, 6.45) is 7.23. The zero-order valence-electron chi connectivity index (χ0n) is 39.7. The fraction of sp³-hybridized carbons (Fsp3) is 0.462. The quantitative estimate of drug-likeness (QED) is 0.0292. The Morgan fingerprint density at radius 1 is 0.530 bits per heavy atom. The van der Waals surface area contributed by atoms with E-state index in [1.165, 1.54) is 63.6 Å². The van der Waals surface area contributed by atoms with Crippen molar-refractivity contribution in [1.82, 2.24) is 10.6 Å². The third kappa shape index (κ3) is 18.4. The van der Waals surface area contributed by atoms with E-state index in [4.69, 9.17) is 28.4 Å². The summed E-state index contributed by atoms with van der Waals surface area (Å²) < 4.78 is 38.3. The van der Waals surface area contributed by atoms with Crippen molar-refractivity contribution in [2.45, 2.75) is 123 Å². The van der Waals surface area contributed by atoms with E-state index in [-0.39, 0.29) is 38.4 Å². The Morgan fingerprint density at radius 3 is 1.35 bits per heavy atom. The summed E-state index contributed by atoms with van der Waals surface area (Å²) in [6.45, 7) is 6.80. The molecule has 2 N–H and O–H groups in total. The van der Waals surface area contributed by atoms with Gasteiger partial charge in [-0.3, -0.25) is 4.79 Å². The average molecular weight is 1030 g/mol. The molecule has 14 heteroatoms. The molecule has 2 amide bonds. The molecule has 0 spiro atoms. The van der Waals surface area contributed by atoms with Crippen LogP contribution in [0.4, 0.5) is 4.79 Å². The number of ether oxygens (including phenoxy) is 6. The molecule has 4 aromatic carbocycles. The number of carbonyl (C=O) groups excluding carboxylic acids is 4. The van der Waals surface area contributed by atoms with Crippen LogP contribution in [0.5, 0.6) is 17.2 Å². The standard InChI is InChI=1S/C40H43N2O10S.3C4H9.Sn/c1-47-32-15-9-28(10-16-32)23-50-37(43)22-21-35(38(44)51-24-29-11-17-33(48-2)18-12-29)41-40(46)42-36(27-53-26-31-7-5-4-6-8-31)39(45)52-25-30-13-19-34(49-3)20-14-30;3*1-3-4-2;/h5-20,35-36H,21-27H2,1-3H3,(H2,41,42,46);3*1,3-4H2,2H3;/t35-,36-;;;;/m0..../s1. The summed E-state index contributed by atoms with van der Waals surface area (Å²) in [4.78, 5) is 54.0. The van der Waals surface area contributed by atoms with Crippen molar-refractivity contribution in [2.24, 2.45) is 0 Å². The van der Waals surface area contributed by atoms with Crippen LogP contribution in [0.25, 0.3) is 0 Å². The van der Waals surface area contributed by atoms with Gasteiger partial charge in [-0.15, -0.1) is 0 Å². The third-order valence-corrected chi connectivity index (χ3v) is 28.4. The monoisotopic (exact) mass is 1030 g/mol. The molecule has 0 aliphatic heterocycles. The molecule has 2 atom stereocenters. The van der Waals surface area contributed by atoms with Gasteiger partial charge in [-0.1, -0.05) is 36.4 Å². The van der Waals surface area contributed by atoms with Crippen molar-refractivity contribution in [3.05, 3.63) is 119 Å². The van der Waals surface area contributed by atoms with Gasteiger partial charge in [0.15, 0.2) is 0 Å². The number of rotatable bonds is 30. The maximum atomic E-state index is 13.8. The number of nitrogens with one attached hydrogen (secondary N) is 2. The van der Waals surface area contributed by atoms with Crippen LogP contribution < -0.4 is 28.4 Å². The molecule has 0 aromatic heterocycles. The average Bonchev–Trinajstić information content (AvgIpc) is 3.35. The van der Waals surface area contributed by atoms with Gasteiger partial charge < -0.3 is 23.7 Å². The Bertz CT molecular complexity index is 2030. The molecule has 0 saturated heterocycles. The van der Waals surface area contributed by atoms with Gasteiger partial charge in [0.05, 0.1) is 21.3 Å². The minimum atomic E-state index is -2.60. The molecule has 4 aromatic rings. The Morgan fingerprint density at radius 2 is 0.924 bits per heavy atom. The molecule has 0 fully saturated rings. The molecule has 0 aliphatic carbocycles. The first-order valence-corrected chi connectivity index (χ1v) is 31.8. The van der Waals surface area contributed by atoms with Crippen LogP contribution in [0.15, 0.2) is 97.1 Å². The van der Waals surface area contributed by atoms with Gasteiger partial charge in [0.2, 0.25) is 0 Å². The summed E-state index contributed by atoms with van der Waals surface area (Å²) in [7, 11) is 4.70. The second-order valence-electron chi connectivity index (χ2n) is 16.5. The van der Waals surface area contributed by atoms with Gasteiger partial charge in [0, 0.05) is 6.42 Å². The number of amides is 2. The number of thioether (sulfide) groups is 1. The van der Waals surface area contributed by atoms with E-state index in [1.54, 1.807) is 97.7 Å². The van der Waals surface area contributed by atoms with Gasteiger partial charge in [0.1, 0.15) is 30.5 Å². The molecule has 0 saturated carbocycles. The van der Waals surface area contributed by atoms with Gasteiger partial charge in [-0.2, -0.15) is 0 Å². The fourth-order valence-electron chi connectivity index (χ4n) is 7.55. The summed E-state index contributed by atoms with van der Waals surface area (Å²) in [5, 5.41) is 5.42. The van der Waals surface area contributed by atoms with Gasteiger partial charge in [0.25, 0.3) is 0 Å². The van der Waals surface area contributed by atoms with E-state index in [0.29, 0.717) is 28.6 Å². The Labute approximate surface area is 400 Å². The topological polar surface area (TPSA) is 148 Å². The number of benzene rings is 4. The molecule has 0 bridgehead atoms. The van der Waals surface area contributed by atoms with Crippen LogP contribution in [0.3, 0.4) is 0 Å². The van der Waals surface area contributed by atoms with E-state index in [9.17, 15) is 19.2 Å². The zero-order valence-corrected chi connectivity index (χ0v) is 43.4. The SMILES string of the molecule is CCC[CH2][Sn]([CH2]CCC)([CH2]CCC)[c]1ccc(CSC[C@H](NC(=O)N[C@@H](CCC(=O)OCc2ccc(OC)cc2)C(=O)OCc2ccc(OC)cc2)C(=O)OCc2ccc(OC)cc2)cc1. The second kappa shape index (κ2) is 29.7. The molecule has 66 heavy (non-hydrogen) atoms. The Kier molecular flexibility index (Phi) is 24.2. The first-order chi connectivity index (χ1) is 32.0. The van der Waals surface area contributed by atoms with Crippen molar-refractivity contribution in [3.63, 3.8) is 0 Å². The minimum absolute atomic E-state index is 0.0184. The summed E-state index contributed by atoms with van der Waals surface area (Å²) in [6, 6.07) is 27.4. The van der Waals surface area contributed by atoms with Crippen molar-refractivity contribution in [1.29, 1.82) is 0 Å². The second-order valence-corrected chi connectivity index (χ2v) is 30.8. The maximum absolute atomic E-state index is 13.8. The summed E-state index contributed by atoms with van der Waals surface area (Å²) in [5.41, 5.74) is 3.34. The molecule has 358 valence electrons. The van der Waals surface area contributed by atoms with E-state index in [1.807, 2.05) is 0 Å². The molecule has 4 rings (SSSR count). The van der Waals surface area contributed by atoms with Crippen LogP contribution in [0.1, 0.15) is 94.4 Å². The molecular weight excluding hydrogens is 963 g/mol. The number of hydrogen-bond donors (Lipinski definition) is 2. The number of esters is 3. The number of methoxy groups -OCH3 is 3. The van der Waals surface area contributed by atoms with Crippen molar-refractivity contribution >= 4 is 57.7 Å². The van der Waals surface area contributed by atoms with Crippen LogP contribution in [-0.2, 0) is 54.2 Å². The molecule has 0 heterocycles. The Hall–Kier alpha value is -4.89. The molecule has 0 aliphatic rings. The summed E-state index contributed by atoms with van der Waals surface area (Å²) >= 11 is -1.09. The van der Waals surface area contributed by atoms with Crippen LogP contribution in [0, 0.1) is 0 Å². The fourth-order valence-corrected chi connectivity index (χ4v) is 24.5. The van der Waals surface area contributed by atoms with Crippen molar-refractivity contribution < 1.29 is 47.6 Å². The summed E-state index contributed by atoms with van der Waals surface area (Å²) in [5.74, 6) is 0.856. The molecular formula is C52H70N2O10SSn. The van der Waals surface area contributed by atoms with Gasteiger partial charge in [-0.05, 0) is 53.9 Å². The molecule has 0 unspecified atom stereocenters. The van der Waals surface area contributed by atoms with E-state index >= 15 is 0 Å². The van der Waals surface area contributed by atoms with E-state index in [0.717, 1.165) is 16.7 Å². The van der Waals surface area contributed by atoms with Crippen LogP contribution >= 0.6 is 11.8 Å². The van der Waals surface area contributed by atoms with Gasteiger partial charge >= 0.3 is 221 Å². The van der Waals surface area contributed by atoms with E-state index < -0.39 is 54.4 Å². The number of carbonyl (C=O) groups is 4. The van der Waals surface area contributed by atoms with Gasteiger partial charge in [-0.25, -0.2) is 4.79 Å². The number of unbranched alkanes of at least 4 members (excludes halogenated alkanes) is 3. The van der Waals surface area contributed by atoms with Crippen molar-refractivity contribution in [2.75, 3.05) is 27.1 Å². The Balaban J connectivity index is 1.47. The molecule has 12 nitrogen and oxygen atoms in total. The zero-order chi connectivity index (χ0) is 47.6. The molecule has 0 radical (unpaired) electrons. The van der Waals surface area contributed by atoms with Crippen molar-refractivity contribution in [3.8, 4) is 17.2 Å². The first-order valence-electron chi connectivity index (χ1n) is 23.2. The van der Waals surface area contributed by atoms with E-state index in [2.05, 4.69) is 55.7 Å². The third-order valence-electron chi connectivity index (χ3n) is 11.6. The first kappa shape index (κ1) is 53.7. The number of hydrogen-bond acceptors (Lipinski definition) is 11. The number of urea groups is 1. The normalized spacial score (nSPS) is 12.0. The van der Waals surface area contributed by atoms with Crippen LogP contribution in [0.2, 0.25) is 13.3 Å².